The maximum atomic E-state index is 11.6. The summed E-state index contributed by atoms with van der Waals surface area (Å²) in [5.74, 6) is -0.890. The van der Waals surface area contributed by atoms with Crippen molar-refractivity contribution in [1.29, 1.82) is 0 Å². The Kier molecular flexibility index (Phi) is 5.34. The molecule has 0 atom stereocenters. The van der Waals surface area contributed by atoms with Gasteiger partial charge < -0.3 is 8.85 Å². The highest BCUT2D eigenvalue weighted by atomic mass is 28.4. The van der Waals surface area contributed by atoms with Crippen LogP contribution in [0.5, 0.6) is 0 Å². The van der Waals surface area contributed by atoms with Gasteiger partial charge in [-0.25, -0.2) is 4.79 Å². The average Bonchev–Trinajstić information content (AvgIpc) is 1.95. The van der Waals surface area contributed by atoms with Crippen LogP contribution in [0.2, 0.25) is 39.3 Å². The number of rotatable bonds is 5. The summed E-state index contributed by atoms with van der Waals surface area (Å²) in [5.41, 5.74) is 0.163. The van der Waals surface area contributed by atoms with E-state index in [-0.39, 0.29) is 12.0 Å². The summed E-state index contributed by atoms with van der Waals surface area (Å²) < 4.78 is 10.5. The summed E-state index contributed by atoms with van der Waals surface area (Å²) in [6.07, 6.45) is -0.0897. The zero-order valence-electron chi connectivity index (χ0n) is 11.5. The first-order valence-corrected chi connectivity index (χ1v) is 12.4. The fourth-order valence-corrected chi connectivity index (χ4v) is 2.43. The van der Waals surface area contributed by atoms with E-state index in [4.69, 9.17) is 8.85 Å². The fourth-order valence-electron chi connectivity index (χ4n) is 0.974. The quantitative estimate of drug-likeness (QED) is 0.571. The van der Waals surface area contributed by atoms with E-state index in [1.54, 1.807) is 0 Å². The molecule has 0 N–H and O–H groups in total. The molecule has 98 valence electrons. The van der Waals surface area contributed by atoms with Gasteiger partial charge in [-0.05, 0) is 39.3 Å². The molecule has 0 saturated heterocycles. The summed E-state index contributed by atoms with van der Waals surface area (Å²) in [6.45, 7) is 15.0. The van der Waals surface area contributed by atoms with Crippen LogP contribution in [-0.4, -0.2) is 28.6 Å². The summed E-state index contributed by atoms with van der Waals surface area (Å²) >= 11 is 0. The van der Waals surface area contributed by atoms with Gasteiger partial charge in [0.05, 0.1) is 6.42 Å². The van der Waals surface area contributed by atoms with E-state index in [0.29, 0.717) is 0 Å². The van der Waals surface area contributed by atoms with Gasteiger partial charge in [0.25, 0.3) is 5.97 Å². The fraction of sp³-hybridized carbons (Fsp3) is 0.636. The monoisotopic (exact) mass is 274 g/mol. The van der Waals surface area contributed by atoms with E-state index in [0.717, 1.165) is 0 Å². The molecule has 0 radical (unpaired) electrons. The Bertz CT molecular complexity index is 323. The Morgan fingerprint density at radius 3 is 1.71 bits per heavy atom. The lowest BCUT2D eigenvalue weighted by atomic mass is 10.2. The summed E-state index contributed by atoms with van der Waals surface area (Å²) in [4.78, 5) is 23.1. The van der Waals surface area contributed by atoms with Gasteiger partial charge in [-0.15, -0.1) is 0 Å². The highest BCUT2D eigenvalue weighted by Gasteiger charge is 2.25. The molecule has 0 aliphatic rings. The van der Waals surface area contributed by atoms with Gasteiger partial charge in [0, 0.05) is 5.57 Å². The molecule has 4 nitrogen and oxygen atoms in total. The van der Waals surface area contributed by atoms with E-state index >= 15 is 0 Å². The van der Waals surface area contributed by atoms with E-state index < -0.39 is 28.6 Å². The van der Waals surface area contributed by atoms with Gasteiger partial charge in [0.2, 0.25) is 16.6 Å². The number of carbonyl (C=O) groups excluding carboxylic acids is 2. The second kappa shape index (κ2) is 5.64. The topological polar surface area (TPSA) is 52.6 Å². The van der Waals surface area contributed by atoms with Crippen molar-refractivity contribution in [3.8, 4) is 0 Å². The summed E-state index contributed by atoms with van der Waals surface area (Å²) in [6, 6.07) is 0. The van der Waals surface area contributed by atoms with Crippen LogP contribution in [0.3, 0.4) is 0 Å². The van der Waals surface area contributed by atoms with Gasteiger partial charge in [-0.1, -0.05) is 6.58 Å². The Morgan fingerprint density at radius 2 is 1.35 bits per heavy atom. The van der Waals surface area contributed by atoms with Crippen molar-refractivity contribution in [3.05, 3.63) is 12.2 Å². The Balaban J connectivity index is 4.28. The van der Waals surface area contributed by atoms with Crippen LogP contribution in [0.15, 0.2) is 12.2 Å². The summed E-state index contributed by atoms with van der Waals surface area (Å²) in [7, 11) is -3.84. The van der Waals surface area contributed by atoms with Gasteiger partial charge in [0.1, 0.15) is 0 Å². The maximum Gasteiger partial charge on any atom is 0.320 e. The molecule has 6 heteroatoms. The third kappa shape index (κ3) is 8.87. The van der Waals surface area contributed by atoms with Crippen LogP contribution >= 0.6 is 0 Å². The van der Waals surface area contributed by atoms with Crippen LogP contribution in [-0.2, 0) is 18.4 Å². The SMILES string of the molecule is C=C(CC(=O)O[Si](C)(C)C)C(=O)O[Si](C)(C)C. The van der Waals surface area contributed by atoms with Gasteiger partial charge in [-0.3, -0.25) is 4.79 Å². The maximum absolute atomic E-state index is 11.6. The third-order valence-corrected chi connectivity index (χ3v) is 3.10. The average molecular weight is 274 g/mol. The molecule has 0 amide bonds. The minimum absolute atomic E-state index is 0.0897. The smallest absolute Gasteiger partial charge is 0.320 e. The normalized spacial score (nSPS) is 11.9. The van der Waals surface area contributed by atoms with Gasteiger partial charge in [-0.2, -0.15) is 0 Å². The largest absolute Gasteiger partial charge is 0.520 e. The third-order valence-electron chi connectivity index (χ3n) is 1.47. The molecule has 0 aromatic heterocycles. The molecule has 0 fully saturated rings. The molecule has 0 unspecified atom stereocenters. The molecule has 0 rings (SSSR count). The molecule has 0 heterocycles. The van der Waals surface area contributed by atoms with E-state index in [2.05, 4.69) is 6.58 Å². The van der Waals surface area contributed by atoms with Crippen molar-refractivity contribution < 1.29 is 18.4 Å². The van der Waals surface area contributed by atoms with Crippen LogP contribution < -0.4 is 0 Å². The lowest BCUT2D eigenvalue weighted by Crippen LogP contribution is -2.32. The molecular weight excluding hydrogens is 252 g/mol. The van der Waals surface area contributed by atoms with E-state index in [9.17, 15) is 9.59 Å². The van der Waals surface area contributed by atoms with Crippen LogP contribution in [0.25, 0.3) is 0 Å². The highest BCUT2D eigenvalue weighted by molar-refractivity contribution is 6.71. The van der Waals surface area contributed by atoms with E-state index in [1.165, 1.54) is 0 Å². The highest BCUT2D eigenvalue weighted by Crippen LogP contribution is 2.12. The first kappa shape index (κ1) is 16.1. The van der Waals surface area contributed by atoms with Crippen molar-refractivity contribution in [2.24, 2.45) is 0 Å². The molecule has 0 bridgehead atoms. The molecular formula is C11H22O4Si2. The van der Waals surface area contributed by atoms with Crippen molar-refractivity contribution in [2.75, 3.05) is 0 Å². The molecule has 0 saturated carbocycles. The number of hydrogen-bond acceptors (Lipinski definition) is 4. The Hall–Kier alpha value is -0.886. The number of hydrogen-bond donors (Lipinski definition) is 0. The zero-order valence-corrected chi connectivity index (χ0v) is 13.5. The molecule has 0 spiro atoms. The van der Waals surface area contributed by atoms with Gasteiger partial charge in [0.15, 0.2) is 0 Å². The predicted octanol–water partition coefficient (Wildman–Crippen LogP) is 2.69. The minimum atomic E-state index is -1.93. The zero-order chi connectivity index (χ0) is 13.9. The lowest BCUT2D eigenvalue weighted by molar-refractivity contribution is -0.137. The molecule has 0 aliphatic carbocycles. The van der Waals surface area contributed by atoms with Crippen LogP contribution in [0, 0.1) is 0 Å². The van der Waals surface area contributed by atoms with E-state index in [1.807, 2.05) is 39.3 Å². The molecule has 17 heavy (non-hydrogen) atoms. The molecule has 0 aromatic carbocycles. The van der Waals surface area contributed by atoms with Crippen molar-refractivity contribution in [2.45, 2.75) is 45.7 Å². The van der Waals surface area contributed by atoms with Crippen LogP contribution in [0.4, 0.5) is 0 Å². The Labute approximate surface area is 105 Å². The molecule has 0 aliphatic heterocycles. The second-order valence-electron chi connectivity index (χ2n) is 5.87. The number of carbonyl (C=O) groups is 2. The molecule has 0 aromatic rings. The van der Waals surface area contributed by atoms with Crippen molar-refractivity contribution in [1.82, 2.24) is 0 Å². The van der Waals surface area contributed by atoms with Crippen molar-refractivity contribution in [3.63, 3.8) is 0 Å². The predicted molar refractivity (Wildman–Crippen MR) is 72.6 cm³/mol. The standard InChI is InChI=1S/C11H22O4Si2/c1-9(11(13)15-17(5,6)7)8-10(12)14-16(2,3)4/h1,8H2,2-7H3. The van der Waals surface area contributed by atoms with Crippen LogP contribution in [0.1, 0.15) is 6.42 Å². The first-order chi connectivity index (χ1) is 7.41. The Morgan fingerprint density at radius 1 is 0.941 bits per heavy atom. The second-order valence-corrected chi connectivity index (χ2v) is 14.7. The van der Waals surface area contributed by atoms with Gasteiger partial charge >= 0.3 is 5.97 Å². The first-order valence-electron chi connectivity index (χ1n) is 5.54. The lowest BCUT2D eigenvalue weighted by Gasteiger charge is -2.20. The van der Waals surface area contributed by atoms with Crippen molar-refractivity contribution >= 4 is 28.6 Å². The summed E-state index contributed by atoms with van der Waals surface area (Å²) in [5, 5.41) is 0. The minimum Gasteiger partial charge on any atom is -0.520 e.